The summed E-state index contributed by atoms with van der Waals surface area (Å²) in [5.74, 6) is 2.06. The fourth-order valence-corrected chi connectivity index (χ4v) is 2.58. The molecule has 2 aromatic heterocycles. The molecule has 116 valence electrons. The highest BCUT2D eigenvalue weighted by molar-refractivity contribution is 7.98. The Morgan fingerprint density at radius 1 is 1.38 bits per heavy atom. The number of ether oxygens (including phenoxy) is 1. The van der Waals surface area contributed by atoms with Crippen molar-refractivity contribution in [1.82, 2.24) is 24.9 Å². The van der Waals surface area contributed by atoms with Crippen molar-refractivity contribution in [2.45, 2.75) is 50.1 Å². The van der Waals surface area contributed by atoms with E-state index in [1.54, 1.807) is 25.2 Å². The van der Waals surface area contributed by atoms with E-state index in [4.69, 9.17) is 9.26 Å². The minimum atomic E-state index is 0.637. The fraction of sp³-hybridized carbons (Fsp3) is 0.692. The molecule has 0 N–H and O–H groups in total. The van der Waals surface area contributed by atoms with Gasteiger partial charge in [-0.25, -0.2) is 0 Å². The minimum Gasteiger partial charge on any atom is -0.385 e. The third kappa shape index (κ3) is 5.13. The van der Waals surface area contributed by atoms with E-state index >= 15 is 0 Å². The van der Waals surface area contributed by atoms with Crippen LogP contribution in [-0.2, 0) is 23.5 Å². The lowest BCUT2D eigenvalue weighted by Gasteiger charge is -2.04. The smallest absolute Gasteiger partial charge is 0.226 e. The van der Waals surface area contributed by atoms with Gasteiger partial charge < -0.3 is 13.8 Å². The van der Waals surface area contributed by atoms with Gasteiger partial charge in [0.1, 0.15) is 6.33 Å². The van der Waals surface area contributed by atoms with Gasteiger partial charge in [0, 0.05) is 26.7 Å². The van der Waals surface area contributed by atoms with Gasteiger partial charge in [0.2, 0.25) is 5.89 Å². The maximum Gasteiger partial charge on any atom is 0.226 e. The molecule has 0 aliphatic rings. The van der Waals surface area contributed by atoms with Crippen LogP contribution in [0.25, 0.3) is 0 Å². The number of aromatic nitrogens is 5. The molecule has 2 aromatic rings. The number of hydrogen-bond acceptors (Lipinski definition) is 7. The van der Waals surface area contributed by atoms with Gasteiger partial charge in [-0.3, -0.25) is 0 Å². The first-order valence-corrected chi connectivity index (χ1v) is 8.13. The number of aryl methyl sites for hydroxylation is 2. The monoisotopic (exact) mass is 311 g/mol. The van der Waals surface area contributed by atoms with E-state index in [1.807, 2.05) is 4.57 Å². The first-order chi connectivity index (χ1) is 10.3. The molecule has 0 amide bonds. The highest BCUT2D eigenvalue weighted by Gasteiger charge is 2.10. The van der Waals surface area contributed by atoms with Gasteiger partial charge >= 0.3 is 0 Å². The molecule has 0 saturated heterocycles. The van der Waals surface area contributed by atoms with Crippen molar-refractivity contribution >= 4 is 11.8 Å². The van der Waals surface area contributed by atoms with Gasteiger partial charge in [0.25, 0.3) is 0 Å². The molecule has 0 spiro atoms. The van der Waals surface area contributed by atoms with Gasteiger partial charge in [-0.2, -0.15) is 4.98 Å². The Hall–Kier alpha value is -1.41. The minimum absolute atomic E-state index is 0.637. The Morgan fingerprint density at radius 3 is 3.10 bits per heavy atom. The number of unbranched alkanes of at least 4 members (excludes halogenated alkanes) is 1. The molecular weight excluding hydrogens is 290 g/mol. The molecule has 0 fully saturated rings. The Kier molecular flexibility index (Phi) is 6.68. The summed E-state index contributed by atoms with van der Waals surface area (Å²) in [4.78, 5) is 4.38. The molecule has 7 nitrogen and oxygen atoms in total. The Bertz CT molecular complexity index is 528. The van der Waals surface area contributed by atoms with Crippen molar-refractivity contribution in [3.63, 3.8) is 0 Å². The van der Waals surface area contributed by atoms with Crippen molar-refractivity contribution in [3.05, 3.63) is 18.0 Å². The first-order valence-electron chi connectivity index (χ1n) is 7.14. The molecule has 0 bridgehead atoms. The fourth-order valence-electron chi connectivity index (χ4n) is 1.80. The molecule has 21 heavy (non-hydrogen) atoms. The van der Waals surface area contributed by atoms with E-state index < -0.39 is 0 Å². The summed E-state index contributed by atoms with van der Waals surface area (Å²) in [5.41, 5.74) is 0. The van der Waals surface area contributed by atoms with Crippen LogP contribution in [0.3, 0.4) is 0 Å². The van der Waals surface area contributed by atoms with E-state index in [1.165, 1.54) is 0 Å². The largest absolute Gasteiger partial charge is 0.385 e. The van der Waals surface area contributed by atoms with Gasteiger partial charge in [-0.15, -0.1) is 10.2 Å². The number of hydrogen-bond donors (Lipinski definition) is 0. The average Bonchev–Trinajstić information content (AvgIpc) is 3.12. The second-order valence-electron chi connectivity index (χ2n) is 4.65. The van der Waals surface area contributed by atoms with E-state index in [2.05, 4.69) is 27.3 Å². The van der Waals surface area contributed by atoms with Crippen LogP contribution in [0.4, 0.5) is 0 Å². The van der Waals surface area contributed by atoms with E-state index in [0.29, 0.717) is 17.5 Å². The highest BCUT2D eigenvalue weighted by atomic mass is 32.2. The van der Waals surface area contributed by atoms with Crippen LogP contribution in [0.2, 0.25) is 0 Å². The molecule has 0 aliphatic carbocycles. The molecule has 0 atom stereocenters. The Labute approximate surface area is 128 Å². The third-order valence-electron chi connectivity index (χ3n) is 2.91. The number of thioether (sulfide) groups is 1. The lowest BCUT2D eigenvalue weighted by Crippen LogP contribution is -2.02. The van der Waals surface area contributed by atoms with Gasteiger partial charge in [-0.1, -0.05) is 30.3 Å². The zero-order valence-corrected chi connectivity index (χ0v) is 13.3. The number of rotatable bonds is 10. The molecule has 0 aromatic carbocycles. The van der Waals surface area contributed by atoms with Crippen molar-refractivity contribution in [3.8, 4) is 0 Å². The first kappa shape index (κ1) is 16.0. The Balaban J connectivity index is 1.82. The quantitative estimate of drug-likeness (QED) is 0.492. The second kappa shape index (κ2) is 8.78. The van der Waals surface area contributed by atoms with E-state index in [9.17, 15) is 0 Å². The highest BCUT2D eigenvalue weighted by Crippen LogP contribution is 2.19. The summed E-state index contributed by atoms with van der Waals surface area (Å²) in [6.45, 7) is 3.72. The van der Waals surface area contributed by atoms with E-state index in [0.717, 1.165) is 44.0 Å². The van der Waals surface area contributed by atoms with E-state index in [-0.39, 0.29) is 0 Å². The second-order valence-corrected chi connectivity index (χ2v) is 5.59. The zero-order chi connectivity index (χ0) is 14.9. The van der Waals surface area contributed by atoms with Crippen LogP contribution in [-0.4, -0.2) is 38.6 Å². The lowest BCUT2D eigenvalue weighted by atomic mass is 10.2. The maximum absolute atomic E-state index is 5.21. The SMILES string of the molecule is CCCCc1nc(CSc2nncn2CCCOC)no1. The van der Waals surface area contributed by atoms with Crippen LogP contribution in [0.1, 0.15) is 37.9 Å². The van der Waals surface area contributed by atoms with Crippen molar-refractivity contribution in [1.29, 1.82) is 0 Å². The number of nitrogens with zero attached hydrogens (tertiary/aromatic N) is 5. The standard InChI is InChI=1S/C13H21N5O2S/c1-3-4-6-12-15-11(17-20-12)9-21-13-16-14-10-18(13)7-5-8-19-2/h10H,3-9H2,1-2H3. The zero-order valence-electron chi connectivity index (χ0n) is 12.5. The summed E-state index contributed by atoms with van der Waals surface area (Å²) in [7, 11) is 1.70. The summed E-state index contributed by atoms with van der Waals surface area (Å²) in [6, 6.07) is 0. The lowest BCUT2D eigenvalue weighted by molar-refractivity contribution is 0.189. The van der Waals surface area contributed by atoms with Gasteiger partial charge in [0.15, 0.2) is 11.0 Å². The Morgan fingerprint density at radius 2 is 2.29 bits per heavy atom. The summed E-state index contributed by atoms with van der Waals surface area (Å²) < 4.78 is 12.3. The van der Waals surface area contributed by atoms with Crippen LogP contribution in [0.5, 0.6) is 0 Å². The molecule has 0 radical (unpaired) electrons. The van der Waals surface area contributed by atoms with Crippen LogP contribution in [0.15, 0.2) is 16.0 Å². The summed E-state index contributed by atoms with van der Waals surface area (Å²) >= 11 is 1.57. The summed E-state index contributed by atoms with van der Waals surface area (Å²) in [5, 5.41) is 12.9. The van der Waals surface area contributed by atoms with Crippen molar-refractivity contribution < 1.29 is 9.26 Å². The topological polar surface area (TPSA) is 78.9 Å². The molecule has 2 rings (SSSR count). The molecule has 0 aliphatic heterocycles. The molecular formula is C13H21N5O2S. The summed E-state index contributed by atoms with van der Waals surface area (Å²) in [6.07, 6.45) is 5.72. The molecule has 0 saturated carbocycles. The maximum atomic E-state index is 5.21. The van der Waals surface area contributed by atoms with Crippen molar-refractivity contribution in [2.24, 2.45) is 0 Å². The van der Waals surface area contributed by atoms with Crippen LogP contribution >= 0.6 is 11.8 Å². The van der Waals surface area contributed by atoms with Gasteiger partial charge in [0.05, 0.1) is 5.75 Å². The molecule has 0 unspecified atom stereocenters. The van der Waals surface area contributed by atoms with Crippen molar-refractivity contribution in [2.75, 3.05) is 13.7 Å². The normalized spacial score (nSPS) is 11.1. The predicted octanol–water partition coefficient (Wildman–Crippen LogP) is 2.33. The predicted molar refractivity (Wildman–Crippen MR) is 79.0 cm³/mol. The number of methoxy groups -OCH3 is 1. The molecule has 8 heteroatoms. The molecule has 2 heterocycles. The van der Waals surface area contributed by atoms with Crippen LogP contribution < -0.4 is 0 Å². The average molecular weight is 311 g/mol. The van der Waals surface area contributed by atoms with Crippen LogP contribution in [0, 0.1) is 0 Å². The van der Waals surface area contributed by atoms with Gasteiger partial charge in [-0.05, 0) is 12.8 Å². The third-order valence-corrected chi connectivity index (χ3v) is 3.89.